The molecule has 0 heterocycles. The second-order valence-electron chi connectivity index (χ2n) is 5.87. The Balaban J connectivity index is 3.43. The fourth-order valence-corrected chi connectivity index (χ4v) is 3.71. The van der Waals surface area contributed by atoms with E-state index in [0.29, 0.717) is 5.30 Å². The van der Waals surface area contributed by atoms with Crippen molar-refractivity contribution < 1.29 is 19.3 Å². The summed E-state index contributed by atoms with van der Waals surface area (Å²) in [6.45, 7) is 9.17. The van der Waals surface area contributed by atoms with E-state index < -0.39 is 12.8 Å². The van der Waals surface area contributed by atoms with Crippen LogP contribution >= 0.6 is 7.34 Å². The standard InChI is InChI=1S/C15H23O4P/c1-10-7-11(2)14(13(8-10)20(6,17)18)15(4,5)9-19-12(3)16/h7-8,17-18H,6,9H2,1-5H3. The highest BCUT2D eigenvalue weighted by atomic mass is 31.2. The molecule has 0 bridgehead atoms. The van der Waals surface area contributed by atoms with E-state index in [1.54, 1.807) is 6.07 Å². The summed E-state index contributed by atoms with van der Waals surface area (Å²) >= 11 is 0. The fraction of sp³-hybridized carbons (Fsp3) is 0.467. The van der Waals surface area contributed by atoms with Crippen molar-refractivity contribution in [1.82, 2.24) is 0 Å². The fourth-order valence-electron chi connectivity index (χ4n) is 2.46. The van der Waals surface area contributed by atoms with Crippen LogP contribution in [0.3, 0.4) is 0 Å². The van der Waals surface area contributed by atoms with Crippen LogP contribution in [0.4, 0.5) is 0 Å². The maximum atomic E-state index is 11.0. The molecule has 0 aromatic heterocycles. The SMILES string of the molecule is C=P(O)(O)c1cc(C)cc(C)c1C(C)(C)COC(C)=O. The Morgan fingerprint density at radius 1 is 1.35 bits per heavy atom. The number of carbonyl (C=O) groups is 1. The Bertz CT molecular complexity index is 569. The van der Waals surface area contributed by atoms with Gasteiger partial charge >= 0.3 is 5.97 Å². The molecule has 0 atom stereocenters. The van der Waals surface area contributed by atoms with E-state index in [-0.39, 0.29) is 12.6 Å². The van der Waals surface area contributed by atoms with E-state index in [4.69, 9.17) is 4.74 Å². The number of carbonyl (C=O) groups excluding carboxylic acids is 1. The van der Waals surface area contributed by atoms with Gasteiger partial charge in [0.1, 0.15) is 13.9 Å². The van der Waals surface area contributed by atoms with E-state index in [1.807, 2.05) is 33.8 Å². The molecule has 1 rings (SSSR count). The van der Waals surface area contributed by atoms with Crippen LogP contribution in [0.1, 0.15) is 37.5 Å². The first-order valence-corrected chi connectivity index (χ1v) is 8.27. The molecule has 1 aromatic carbocycles. The first kappa shape index (κ1) is 17.0. The third kappa shape index (κ3) is 3.95. The van der Waals surface area contributed by atoms with Crippen molar-refractivity contribution in [3.63, 3.8) is 0 Å². The van der Waals surface area contributed by atoms with Gasteiger partial charge in [-0.2, -0.15) is 0 Å². The Labute approximate surface area is 120 Å². The van der Waals surface area contributed by atoms with Crippen molar-refractivity contribution in [2.24, 2.45) is 0 Å². The molecule has 0 aliphatic carbocycles. The molecule has 0 saturated carbocycles. The van der Waals surface area contributed by atoms with Gasteiger partial charge in [-0.15, -0.1) is 0 Å². The molecule has 0 spiro atoms. The van der Waals surface area contributed by atoms with Crippen molar-refractivity contribution in [2.45, 2.75) is 40.0 Å². The van der Waals surface area contributed by atoms with Gasteiger partial charge in [0.15, 0.2) is 0 Å². The third-order valence-electron chi connectivity index (χ3n) is 3.16. The topological polar surface area (TPSA) is 66.8 Å². The summed E-state index contributed by atoms with van der Waals surface area (Å²) in [5, 5.41) is 0.451. The number of esters is 1. The van der Waals surface area contributed by atoms with Gasteiger partial charge in [-0.1, -0.05) is 25.5 Å². The van der Waals surface area contributed by atoms with Crippen molar-refractivity contribution in [1.29, 1.82) is 0 Å². The second kappa shape index (κ2) is 5.72. The normalized spacial score (nSPS) is 12.3. The second-order valence-corrected chi connectivity index (χ2v) is 7.81. The summed E-state index contributed by atoms with van der Waals surface area (Å²) in [5.41, 5.74) is 2.15. The smallest absolute Gasteiger partial charge is 0.302 e. The highest BCUT2D eigenvalue weighted by Crippen LogP contribution is 2.39. The molecule has 4 nitrogen and oxygen atoms in total. The molecular formula is C15H23O4P. The van der Waals surface area contributed by atoms with E-state index in [1.165, 1.54) is 6.92 Å². The van der Waals surface area contributed by atoms with Crippen molar-refractivity contribution in [3.05, 3.63) is 28.8 Å². The molecule has 0 aliphatic rings. The number of ether oxygens (including phenoxy) is 1. The van der Waals surface area contributed by atoms with Gasteiger partial charge in [0.05, 0.1) is 0 Å². The predicted octanol–water partition coefficient (Wildman–Crippen LogP) is 2.03. The number of hydrogen-bond donors (Lipinski definition) is 2. The average Bonchev–Trinajstić information content (AvgIpc) is 2.23. The molecule has 5 heteroatoms. The van der Waals surface area contributed by atoms with E-state index in [2.05, 4.69) is 6.30 Å². The van der Waals surface area contributed by atoms with Crippen molar-refractivity contribution in [2.75, 3.05) is 6.61 Å². The van der Waals surface area contributed by atoms with Crippen LogP contribution in [-0.2, 0) is 14.9 Å². The molecule has 0 fully saturated rings. The number of benzene rings is 1. The van der Waals surface area contributed by atoms with Crippen LogP contribution in [0.2, 0.25) is 0 Å². The first-order valence-electron chi connectivity index (χ1n) is 6.40. The minimum absolute atomic E-state index is 0.180. The summed E-state index contributed by atoms with van der Waals surface area (Å²) in [6.07, 6.45) is 3.51. The molecule has 0 radical (unpaired) electrons. The van der Waals surface area contributed by atoms with Crippen LogP contribution in [0.25, 0.3) is 0 Å². The molecule has 0 saturated heterocycles. The lowest BCUT2D eigenvalue weighted by atomic mass is 9.82. The number of aryl methyl sites for hydroxylation is 2. The molecule has 0 amide bonds. The summed E-state index contributed by atoms with van der Waals surface area (Å²) in [5.74, 6) is -0.354. The van der Waals surface area contributed by atoms with Gasteiger partial charge < -0.3 is 14.5 Å². The first-order chi connectivity index (χ1) is 8.95. The minimum Gasteiger partial charge on any atom is -0.465 e. The number of rotatable bonds is 4. The van der Waals surface area contributed by atoms with Crippen LogP contribution in [0.5, 0.6) is 0 Å². The van der Waals surface area contributed by atoms with Gasteiger partial charge in [-0.3, -0.25) is 4.79 Å². The molecule has 112 valence electrons. The summed E-state index contributed by atoms with van der Waals surface area (Å²) < 4.78 is 5.10. The highest BCUT2D eigenvalue weighted by Gasteiger charge is 2.30. The Morgan fingerprint density at radius 2 is 1.90 bits per heavy atom. The average molecular weight is 298 g/mol. The van der Waals surface area contributed by atoms with Crippen LogP contribution < -0.4 is 5.30 Å². The predicted molar refractivity (Wildman–Crippen MR) is 83.7 cm³/mol. The lowest BCUT2D eigenvalue weighted by molar-refractivity contribution is -0.142. The summed E-state index contributed by atoms with van der Waals surface area (Å²) in [4.78, 5) is 31.0. The van der Waals surface area contributed by atoms with Crippen molar-refractivity contribution >= 4 is 24.9 Å². The minimum atomic E-state index is -3.39. The molecular weight excluding hydrogens is 275 g/mol. The molecule has 20 heavy (non-hydrogen) atoms. The van der Waals surface area contributed by atoms with Crippen LogP contribution in [0, 0.1) is 13.8 Å². The number of hydrogen-bond acceptors (Lipinski definition) is 4. The molecule has 0 aliphatic heterocycles. The van der Waals surface area contributed by atoms with Gasteiger partial charge in [0, 0.05) is 17.6 Å². The third-order valence-corrected chi connectivity index (χ3v) is 4.28. The Kier molecular flexibility index (Phi) is 4.86. The van der Waals surface area contributed by atoms with Crippen molar-refractivity contribution in [3.8, 4) is 0 Å². The molecule has 2 N–H and O–H groups in total. The molecule has 1 aromatic rings. The van der Waals surface area contributed by atoms with Gasteiger partial charge in [-0.25, -0.2) is 0 Å². The van der Waals surface area contributed by atoms with Gasteiger partial charge in [0.2, 0.25) is 0 Å². The maximum Gasteiger partial charge on any atom is 0.302 e. The van der Waals surface area contributed by atoms with Crippen LogP contribution in [0.15, 0.2) is 12.1 Å². The van der Waals surface area contributed by atoms with E-state index >= 15 is 0 Å². The van der Waals surface area contributed by atoms with Gasteiger partial charge in [-0.05, 0) is 37.3 Å². The highest BCUT2D eigenvalue weighted by molar-refractivity contribution is 7.70. The largest absolute Gasteiger partial charge is 0.465 e. The van der Waals surface area contributed by atoms with E-state index in [9.17, 15) is 14.6 Å². The Morgan fingerprint density at radius 3 is 2.35 bits per heavy atom. The monoisotopic (exact) mass is 298 g/mol. The maximum absolute atomic E-state index is 11.0. The summed E-state index contributed by atoms with van der Waals surface area (Å²) in [7, 11) is -3.39. The van der Waals surface area contributed by atoms with Crippen LogP contribution in [-0.4, -0.2) is 28.7 Å². The van der Waals surface area contributed by atoms with Gasteiger partial charge in [0.25, 0.3) is 0 Å². The van der Waals surface area contributed by atoms with E-state index in [0.717, 1.165) is 16.7 Å². The lowest BCUT2D eigenvalue weighted by Crippen LogP contribution is -2.33. The zero-order valence-electron chi connectivity index (χ0n) is 12.7. The molecule has 0 unspecified atom stereocenters. The lowest BCUT2D eigenvalue weighted by Gasteiger charge is -2.31. The quantitative estimate of drug-likeness (QED) is 0.659. The Hall–Kier alpha value is -1.09. The zero-order valence-corrected chi connectivity index (χ0v) is 13.6. The zero-order chi connectivity index (χ0) is 15.7. The summed E-state index contributed by atoms with van der Waals surface area (Å²) in [6, 6.07) is 3.72.